The first-order valence-electron chi connectivity index (χ1n) is 6.29. The minimum Gasteiger partial charge on any atom is -0.394 e. The second kappa shape index (κ2) is 6.83. The summed E-state index contributed by atoms with van der Waals surface area (Å²) >= 11 is 0. The zero-order chi connectivity index (χ0) is 14.4. The summed E-state index contributed by atoms with van der Waals surface area (Å²) in [5.41, 5.74) is 6.69. The summed E-state index contributed by atoms with van der Waals surface area (Å²) in [4.78, 5) is 8.62. The molecule has 0 radical (unpaired) electrons. The van der Waals surface area contributed by atoms with Crippen LogP contribution in [0.5, 0.6) is 0 Å². The molecule has 2 rings (SSSR count). The Kier molecular flexibility index (Phi) is 4.86. The number of aromatic nitrogens is 2. The predicted molar refractivity (Wildman–Crippen MR) is 78.3 cm³/mol. The van der Waals surface area contributed by atoms with Gasteiger partial charge in [-0.1, -0.05) is 30.3 Å². The Labute approximate surface area is 117 Å². The third-order valence-corrected chi connectivity index (χ3v) is 2.72. The third-order valence-electron chi connectivity index (χ3n) is 2.72. The largest absolute Gasteiger partial charge is 0.394 e. The van der Waals surface area contributed by atoms with Crippen LogP contribution in [0.1, 0.15) is 0 Å². The molecular formula is C14H18N4O2. The highest BCUT2D eigenvalue weighted by Gasteiger charge is 2.10. The smallest absolute Gasteiger partial charge is 0.163 e. The topological polar surface area (TPSA) is 93.3 Å². The van der Waals surface area contributed by atoms with Crippen molar-refractivity contribution in [3.05, 3.63) is 36.4 Å². The first kappa shape index (κ1) is 14.2. The van der Waals surface area contributed by atoms with Crippen LogP contribution in [-0.4, -0.2) is 41.4 Å². The summed E-state index contributed by atoms with van der Waals surface area (Å²) in [6, 6.07) is 11.0. The predicted octanol–water partition coefficient (Wildman–Crippen LogP) is 1.15. The lowest BCUT2D eigenvalue weighted by atomic mass is 10.2. The minimum atomic E-state index is -0.238. The van der Waals surface area contributed by atoms with Gasteiger partial charge < -0.3 is 20.9 Å². The SMILES string of the molecule is COCC(CO)Nc1cc(N)nc(-c2ccccc2)n1. The van der Waals surface area contributed by atoms with Crippen LogP contribution in [-0.2, 0) is 4.74 Å². The number of nitrogens with zero attached hydrogens (tertiary/aromatic N) is 2. The van der Waals surface area contributed by atoms with E-state index in [4.69, 9.17) is 10.5 Å². The van der Waals surface area contributed by atoms with Gasteiger partial charge in [-0.25, -0.2) is 9.97 Å². The number of benzene rings is 1. The van der Waals surface area contributed by atoms with Gasteiger partial charge in [-0.05, 0) is 0 Å². The molecule has 1 aromatic heterocycles. The average molecular weight is 274 g/mol. The molecule has 6 heteroatoms. The number of nitrogens with two attached hydrogens (primary N) is 1. The molecule has 2 aromatic rings. The van der Waals surface area contributed by atoms with Gasteiger partial charge in [0, 0.05) is 18.7 Å². The fourth-order valence-corrected chi connectivity index (χ4v) is 1.81. The van der Waals surface area contributed by atoms with E-state index in [1.165, 1.54) is 0 Å². The molecule has 0 aliphatic carbocycles. The molecule has 0 bridgehead atoms. The van der Waals surface area contributed by atoms with E-state index in [9.17, 15) is 5.11 Å². The van der Waals surface area contributed by atoms with Gasteiger partial charge in [-0.2, -0.15) is 0 Å². The number of rotatable bonds is 6. The van der Waals surface area contributed by atoms with E-state index in [0.717, 1.165) is 5.56 Å². The Morgan fingerprint density at radius 1 is 1.30 bits per heavy atom. The highest BCUT2D eigenvalue weighted by molar-refractivity contribution is 5.60. The lowest BCUT2D eigenvalue weighted by molar-refractivity contribution is 0.153. The van der Waals surface area contributed by atoms with Gasteiger partial charge >= 0.3 is 0 Å². The molecule has 0 spiro atoms. The highest BCUT2D eigenvalue weighted by Crippen LogP contribution is 2.18. The van der Waals surface area contributed by atoms with Gasteiger partial charge in [0.05, 0.1) is 19.3 Å². The van der Waals surface area contributed by atoms with E-state index in [-0.39, 0.29) is 12.6 Å². The van der Waals surface area contributed by atoms with Crippen molar-refractivity contribution in [1.29, 1.82) is 0 Å². The van der Waals surface area contributed by atoms with Crippen LogP contribution in [0.15, 0.2) is 36.4 Å². The Morgan fingerprint density at radius 2 is 2.05 bits per heavy atom. The molecule has 0 aliphatic heterocycles. The summed E-state index contributed by atoms with van der Waals surface area (Å²) in [5.74, 6) is 1.48. The van der Waals surface area contributed by atoms with Gasteiger partial charge in [0.1, 0.15) is 11.6 Å². The number of nitrogens with one attached hydrogen (secondary N) is 1. The number of hydrogen-bond donors (Lipinski definition) is 3. The van der Waals surface area contributed by atoms with Crippen LogP contribution in [0.25, 0.3) is 11.4 Å². The van der Waals surface area contributed by atoms with Crippen molar-refractivity contribution >= 4 is 11.6 Å². The summed E-state index contributed by atoms with van der Waals surface area (Å²) in [6.07, 6.45) is 0. The number of aliphatic hydroxyl groups excluding tert-OH is 1. The molecule has 1 aromatic carbocycles. The summed E-state index contributed by atoms with van der Waals surface area (Å²) in [7, 11) is 1.58. The second-order valence-electron chi connectivity index (χ2n) is 4.35. The monoisotopic (exact) mass is 274 g/mol. The summed E-state index contributed by atoms with van der Waals surface area (Å²) < 4.78 is 5.02. The zero-order valence-electron chi connectivity index (χ0n) is 11.3. The summed E-state index contributed by atoms with van der Waals surface area (Å²) in [6.45, 7) is 0.319. The highest BCUT2D eigenvalue weighted by atomic mass is 16.5. The fourth-order valence-electron chi connectivity index (χ4n) is 1.81. The van der Waals surface area contributed by atoms with Crippen LogP contribution >= 0.6 is 0 Å². The van der Waals surface area contributed by atoms with E-state index in [1.807, 2.05) is 30.3 Å². The third kappa shape index (κ3) is 3.66. The van der Waals surface area contributed by atoms with Crippen LogP contribution in [0.3, 0.4) is 0 Å². The van der Waals surface area contributed by atoms with E-state index in [1.54, 1.807) is 13.2 Å². The molecule has 1 unspecified atom stereocenters. The molecule has 4 N–H and O–H groups in total. The zero-order valence-corrected chi connectivity index (χ0v) is 11.3. The van der Waals surface area contributed by atoms with Crippen molar-refractivity contribution in [2.45, 2.75) is 6.04 Å². The number of anilines is 2. The van der Waals surface area contributed by atoms with E-state index >= 15 is 0 Å². The Balaban J connectivity index is 2.25. The van der Waals surface area contributed by atoms with Crippen molar-refractivity contribution in [3.8, 4) is 11.4 Å². The molecule has 20 heavy (non-hydrogen) atoms. The Bertz CT molecular complexity index is 548. The van der Waals surface area contributed by atoms with Crippen LogP contribution < -0.4 is 11.1 Å². The maximum Gasteiger partial charge on any atom is 0.163 e. The molecule has 106 valence electrons. The van der Waals surface area contributed by atoms with Crippen LogP contribution in [0.2, 0.25) is 0 Å². The lowest BCUT2D eigenvalue weighted by Gasteiger charge is -2.16. The van der Waals surface area contributed by atoms with Gasteiger partial charge in [-0.3, -0.25) is 0 Å². The van der Waals surface area contributed by atoms with E-state index in [0.29, 0.717) is 24.1 Å². The van der Waals surface area contributed by atoms with Crippen molar-refractivity contribution in [1.82, 2.24) is 9.97 Å². The van der Waals surface area contributed by atoms with Crippen molar-refractivity contribution < 1.29 is 9.84 Å². The van der Waals surface area contributed by atoms with Gasteiger partial charge in [0.25, 0.3) is 0 Å². The van der Waals surface area contributed by atoms with Crippen LogP contribution in [0.4, 0.5) is 11.6 Å². The van der Waals surface area contributed by atoms with Crippen LogP contribution in [0, 0.1) is 0 Å². The molecule has 1 atom stereocenters. The van der Waals surface area contributed by atoms with Crippen molar-refractivity contribution in [2.24, 2.45) is 0 Å². The first-order chi connectivity index (χ1) is 9.72. The Hall–Kier alpha value is -2.18. The molecule has 0 fully saturated rings. The maximum absolute atomic E-state index is 9.26. The standard InChI is InChI=1S/C14H18N4O2/c1-20-9-11(8-19)16-13-7-12(15)17-14(18-13)10-5-3-2-4-6-10/h2-7,11,19H,8-9H2,1H3,(H3,15,16,17,18). The number of nitrogen functional groups attached to an aromatic ring is 1. The normalized spacial score (nSPS) is 12.1. The average Bonchev–Trinajstić information content (AvgIpc) is 2.47. The lowest BCUT2D eigenvalue weighted by Crippen LogP contribution is -2.29. The fraction of sp³-hybridized carbons (Fsp3) is 0.286. The van der Waals surface area contributed by atoms with Gasteiger partial charge in [-0.15, -0.1) is 0 Å². The Morgan fingerprint density at radius 3 is 2.70 bits per heavy atom. The molecule has 0 aliphatic rings. The molecule has 0 amide bonds. The molecule has 6 nitrogen and oxygen atoms in total. The van der Waals surface area contributed by atoms with Crippen molar-refractivity contribution in [2.75, 3.05) is 31.4 Å². The molecule has 1 heterocycles. The number of aliphatic hydroxyl groups is 1. The second-order valence-corrected chi connectivity index (χ2v) is 4.35. The molecular weight excluding hydrogens is 256 g/mol. The van der Waals surface area contributed by atoms with Gasteiger partial charge in [0.15, 0.2) is 5.82 Å². The van der Waals surface area contributed by atoms with Crippen molar-refractivity contribution in [3.63, 3.8) is 0 Å². The van der Waals surface area contributed by atoms with Gasteiger partial charge in [0.2, 0.25) is 0 Å². The number of hydrogen-bond acceptors (Lipinski definition) is 6. The first-order valence-corrected chi connectivity index (χ1v) is 6.29. The molecule has 0 saturated heterocycles. The van der Waals surface area contributed by atoms with E-state index in [2.05, 4.69) is 15.3 Å². The minimum absolute atomic E-state index is 0.0571. The van der Waals surface area contributed by atoms with E-state index < -0.39 is 0 Å². The maximum atomic E-state index is 9.26. The number of ether oxygens (including phenoxy) is 1. The summed E-state index contributed by atoms with van der Waals surface area (Å²) in [5, 5.41) is 12.3. The number of methoxy groups -OCH3 is 1. The quantitative estimate of drug-likeness (QED) is 0.731. The molecule has 0 saturated carbocycles.